The van der Waals surface area contributed by atoms with Crippen LogP contribution in [0.5, 0.6) is 0 Å². The molecule has 2 aromatic rings. The lowest BCUT2D eigenvalue weighted by atomic mass is 10.1. The van der Waals surface area contributed by atoms with Crippen LogP contribution in [0, 0.1) is 6.92 Å². The second-order valence-corrected chi connectivity index (χ2v) is 5.05. The number of anilines is 1. The fraction of sp³-hybridized carbons (Fsp3) is 0.214. The number of carbonyl (C=O) groups is 2. The van der Waals surface area contributed by atoms with Crippen molar-refractivity contribution in [3.05, 3.63) is 35.5 Å². The quantitative estimate of drug-likeness (QED) is 0.679. The summed E-state index contributed by atoms with van der Waals surface area (Å²) in [5.74, 6) is -0.535. The molecule has 0 fully saturated rings. The van der Waals surface area contributed by atoms with Gasteiger partial charge in [0.05, 0.1) is 6.61 Å². The van der Waals surface area contributed by atoms with E-state index >= 15 is 0 Å². The highest BCUT2D eigenvalue weighted by atomic mass is 32.1. The summed E-state index contributed by atoms with van der Waals surface area (Å²) in [4.78, 5) is 26.7. The van der Waals surface area contributed by atoms with Crippen LogP contribution >= 0.6 is 11.3 Å². The van der Waals surface area contributed by atoms with Crippen LogP contribution in [0.2, 0.25) is 0 Å². The number of thiazole rings is 1. The molecule has 0 saturated carbocycles. The lowest BCUT2D eigenvalue weighted by Crippen LogP contribution is -2.08. The SMILES string of the molecule is CCOC(=O)c1nc(-c2cccc(C)c2)sc1NC=O. The highest BCUT2D eigenvalue weighted by Gasteiger charge is 2.20. The van der Waals surface area contributed by atoms with E-state index in [0.29, 0.717) is 16.4 Å². The zero-order chi connectivity index (χ0) is 14.5. The Balaban J connectivity index is 2.43. The summed E-state index contributed by atoms with van der Waals surface area (Å²) in [6, 6.07) is 7.78. The normalized spacial score (nSPS) is 10.1. The number of aromatic nitrogens is 1. The van der Waals surface area contributed by atoms with Crippen LogP contribution in [-0.4, -0.2) is 24.0 Å². The molecule has 2 rings (SSSR count). The number of carbonyl (C=O) groups excluding carboxylic acids is 2. The first-order valence-corrected chi connectivity index (χ1v) is 6.92. The first-order chi connectivity index (χ1) is 9.65. The summed E-state index contributed by atoms with van der Waals surface area (Å²) >= 11 is 1.25. The van der Waals surface area contributed by atoms with E-state index in [1.165, 1.54) is 11.3 Å². The van der Waals surface area contributed by atoms with E-state index < -0.39 is 5.97 Å². The molecule has 0 aliphatic heterocycles. The zero-order valence-corrected chi connectivity index (χ0v) is 12.0. The molecule has 0 spiro atoms. The number of amides is 1. The van der Waals surface area contributed by atoms with E-state index in [-0.39, 0.29) is 12.3 Å². The molecule has 1 amide bonds. The van der Waals surface area contributed by atoms with Crippen molar-refractivity contribution in [2.75, 3.05) is 11.9 Å². The van der Waals surface area contributed by atoms with Crippen molar-refractivity contribution in [3.8, 4) is 10.6 Å². The highest BCUT2D eigenvalue weighted by molar-refractivity contribution is 7.19. The summed E-state index contributed by atoms with van der Waals surface area (Å²) in [5.41, 5.74) is 2.14. The van der Waals surface area contributed by atoms with Gasteiger partial charge in [0, 0.05) is 5.56 Å². The third-order valence-electron chi connectivity index (χ3n) is 2.55. The molecule has 20 heavy (non-hydrogen) atoms. The van der Waals surface area contributed by atoms with Gasteiger partial charge in [-0.3, -0.25) is 4.79 Å². The fourth-order valence-electron chi connectivity index (χ4n) is 1.71. The minimum absolute atomic E-state index is 0.139. The second kappa shape index (κ2) is 6.29. The Kier molecular flexibility index (Phi) is 4.47. The molecule has 1 heterocycles. The van der Waals surface area contributed by atoms with Gasteiger partial charge in [0.1, 0.15) is 10.0 Å². The van der Waals surface area contributed by atoms with E-state index in [4.69, 9.17) is 4.74 Å². The Morgan fingerprint density at radius 1 is 1.50 bits per heavy atom. The molecule has 0 aliphatic rings. The van der Waals surface area contributed by atoms with Crippen molar-refractivity contribution >= 4 is 28.7 Å². The topological polar surface area (TPSA) is 68.3 Å². The average Bonchev–Trinajstić information content (AvgIpc) is 2.84. The van der Waals surface area contributed by atoms with E-state index in [1.54, 1.807) is 6.92 Å². The summed E-state index contributed by atoms with van der Waals surface area (Å²) in [7, 11) is 0. The highest BCUT2D eigenvalue weighted by Crippen LogP contribution is 2.32. The van der Waals surface area contributed by atoms with E-state index in [0.717, 1.165) is 11.1 Å². The number of nitrogens with zero attached hydrogens (tertiary/aromatic N) is 1. The Morgan fingerprint density at radius 3 is 2.95 bits per heavy atom. The van der Waals surface area contributed by atoms with Gasteiger partial charge >= 0.3 is 5.97 Å². The van der Waals surface area contributed by atoms with Crippen LogP contribution < -0.4 is 5.32 Å². The Bertz CT molecular complexity index is 637. The summed E-state index contributed by atoms with van der Waals surface area (Å²) in [6.45, 7) is 3.96. The molecular weight excluding hydrogens is 276 g/mol. The largest absolute Gasteiger partial charge is 0.461 e. The standard InChI is InChI=1S/C14H14N2O3S/c1-3-19-14(18)11-13(15-8-17)20-12(16-11)10-6-4-5-9(2)7-10/h4-8H,3H2,1-2H3,(H,15,17). The molecular formula is C14H14N2O3S. The number of ether oxygens (including phenoxy) is 1. The first kappa shape index (κ1) is 14.2. The molecule has 0 radical (unpaired) electrons. The van der Waals surface area contributed by atoms with Gasteiger partial charge in [-0.15, -0.1) is 0 Å². The Labute approximate surface area is 120 Å². The summed E-state index contributed by atoms with van der Waals surface area (Å²) < 4.78 is 4.94. The lowest BCUT2D eigenvalue weighted by Gasteiger charge is -1.99. The number of hydrogen-bond donors (Lipinski definition) is 1. The van der Waals surface area contributed by atoms with Crippen LogP contribution in [0.15, 0.2) is 24.3 Å². The van der Waals surface area contributed by atoms with Crippen LogP contribution in [0.1, 0.15) is 23.0 Å². The molecule has 6 heteroatoms. The van der Waals surface area contributed by atoms with Gasteiger partial charge in [0.2, 0.25) is 6.41 Å². The number of benzene rings is 1. The van der Waals surface area contributed by atoms with Gasteiger partial charge in [-0.2, -0.15) is 0 Å². The summed E-state index contributed by atoms with van der Waals surface area (Å²) in [5, 5.41) is 3.56. The molecule has 0 bridgehead atoms. The zero-order valence-electron chi connectivity index (χ0n) is 11.2. The molecule has 0 saturated heterocycles. The lowest BCUT2D eigenvalue weighted by molar-refractivity contribution is -0.105. The number of esters is 1. The van der Waals surface area contributed by atoms with Gasteiger partial charge in [-0.25, -0.2) is 9.78 Å². The first-order valence-electron chi connectivity index (χ1n) is 6.11. The number of aryl methyl sites for hydroxylation is 1. The third kappa shape index (κ3) is 3.03. The third-order valence-corrected chi connectivity index (χ3v) is 3.59. The summed E-state index contributed by atoms with van der Waals surface area (Å²) in [6.07, 6.45) is 0.524. The molecule has 1 aromatic heterocycles. The molecule has 1 aromatic carbocycles. The van der Waals surface area contributed by atoms with Gasteiger partial charge < -0.3 is 10.1 Å². The van der Waals surface area contributed by atoms with Crippen molar-refractivity contribution in [2.45, 2.75) is 13.8 Å². The van der Waals surface area contributed by atoms with Crippen LogP contribution in [0.3, 0.4) is 0 Å². The molecule has 0 atom stereocenters. The number of hydrogen-bond acceptors (Lipinski definition) is 5. The maximum absolute atomic E-state index is 11.8. The average molecular weight is 290 g/mol. The van der Waals surface area contributed by atoms with Crippen molar-refractivity contribution in [1.82, 2.24) is 4.98 Å². The minimum atomic E-state index is -0.535. The molecule has 1 N–H and O–H groups in total. The number of nitrogens with one attached hydrogen (secondary N) is 1. The second-order valence-electron chi connectivity index (χ2n) is 4.05. The fourth-order valence-corrected chi connectivity index (χ4v) is 2.62. The Morgan fingerprint density at radius 2 is 2.30 bits per heavy atom. The van der Waals surface area contributed by atoms with Crippen LogP contribution in [0.4, 0.5) is 5.00 Å². The van der Waals surface area contributed by atoms with E-state index in [9.17, 15) is 9.59 Å². The van der Waals surface area contributed by atoms with Crippen LogP contribution in [0.25, 0.3) is 10.6 Å². The predicted molar refractivity (Wildman–Crippen MR) is 77.9 cm³/mol. The number of rotatable bonds is 5. The Hall–Kier alpha value is -2.21. The van der Waals surface area contributed by atoms with Gasteiger partial charge in [0.15, 0.2) is 5.69 Å². The smallest absolute Gasteiger partial charge is 0.360 e. The van der Waals surface area contributed by atoms with E-state index in [2.05, 4.69) is 10.3 Å². The maximum atomic E-state index is 11.8. The van der Waals surface area contributed by atoms with Crippen molar-refractivity contribution < 1.29 is 14.3 Å². The van der Waals surface area contributed by atoms with Gasteiger partial charge in [-0.1, -0.05) is 35.1 Å². The van der Waals surface area contributed by atoms with E-state index in [1.807, 2.05) is 31.2 Å². The van der Waals surface area contributed by atoms with Crippen molar-refractivity contribution in [3.63, 3.8) is 0 Å². The molecule has 0 unspecified atom stereocenters. The molecule has 0 aliphatic carbocycles. The van der Waals surface area contributed by atoms with Crippen molar-refractivity contribution in [1.29, 1.82) is 0 Å². The van der Waals surface area contributed by atoms with Gasteiger partial charge in [-0.05, 0) is 19.9 Å². The monoisotopic (exact) mass is 290 g/mol. The molecule has 104 valence electrons. The minimum Gasteiger partial charge on any atom is -0.461 e. The van der Waals surface area contributed by atoms with Gasteiger partial charge in [0.25, 0.3) is 0 Å². The van der Waals surface area contributed by atoms with Crippen LogP contribution in [-0.2, 0) is 9.53 Å². The maximum Gasteiger partial charge on any atom is 0.360 e. The predicted octanol–water partition coefficient (Wildman–Crippen LogP) is 2.86. The molecule has 5 nitrogen and oxygen atoms in total. The van der Waals surface area contributed by atoms with Crippen molar-refractivity contribution in [2.24, 2.45) is 0 Å².